The summed E-state index contributed by atoms with van der Waals surface area (Å²) in [6, 6.07) is 7.56. The first-order valence-corrected chi connectivity index (χ1v) is 10.1. The Hall–Kier alpha value is -2.55. The minimum atomic E-state index is -4.53. The van der Waals surface area contributed by atoms with Gasteiger partial charge in [-0.3, -0.25) is 4.79 Å². The summed E-state index contributed by atoms with van der Waals surface area (Å²) in [5, 5.41) is 3.84. The minimum Gasteiger partial charge on any atom is -0.490 e. The minimum absolute atomic E-state index is 0.00762. The Bertz CT molecular complexity index is 917. The van der Waals surface area contributed by atoms with Crippen LogP contribution in [0.5, 0.6) is 11.5 Å². The summed E-state index contributed by atoms with van der Waals surface area (Å²) in [5.41, 5.74) is 1.79. The number of halogens is 4. The zero-order valence-electron chi connectivity index (χ0n) is 16.7. The highest BCUT2D eigenvalue weighted by Crippen LogP contribution is 2.37. The Morgan fingerprint density at radius 1 is 1.27 bits per heavy atom. The highest BCUT2D eigenvalue weighted by molar-refractivity contribution is 9.10. The van der Waals surface area contributed by atoms with Gasteiger partial charge in [0, 0.05) is 5.56 Å². The number of carbonyl (C=O) groups excluding carboxylic acids is 1. The molecule has 30 heavy (non-hydrogen) atoms. The van der Waals surface area contributed by atoms with Crippen LogP contribution in [0.2, 0.25) is 0 Å². The third kappa shape index (κ3) is 6.48. The van der Waals surface area contributed by atoms with E-state index in [9.17, 15) is 18.0 Å². The van der Waals surface area contributed by atoms with Gasteiger partial charge in [-0.1, -0.05) is 13.0 Å². The van der Waals surface area contributed by atoms with Gasteiger partial charge in [-0.15, -0.1) is 0 Å². The van der Waals surface area contributed by atoms with Crippen molar-refractivity contribution in [1.82, 2.24) is 5.43 Å². The van der Waals surface area contributed by atoms with Crippen LogP contribution in [0.3, 0.4) is 0 Å². The molecular formula is C21H22BrF3N2O3. The molecule has 0 bridgehead atoms. The fourth-order valence-corrected chi connectivity index (χ4v) is 2.94. The second kappa shape index (κ2) is 10.5. The van der Waals surface area contributed by atoms with Crippen molar-refractivity contribution in [2.45, 2.75) is 39.5 Å². The van der Waals surface area contributed by atoms with Crippen molar-refractivity contribution in [3.8, 4) is 11.5 Å². The lowest BCUT2D eigenvalue weighted by Gasteiger charge is -2.18. The van der Waals surface area contributed by atoms with E-state index in [4.69, 9.17) is 9.47 Å². The molecule has 1 atom stereocenters. The van der Waals surface area contributed by atoms with Crippen molar-refractivity contribution in [2.75, 3.05) is 6.61 Å². The predicted molar refractivity (Wildman–Crippen MR) is 112 cm³/mol. The normalized spacial score (nSPS) is 12.6. The molecule has 0 radical (unpaired) electrons. The Morgan fingerprint density at radius 2 is 2.00 bits per heavy atom. The lowest BCUT2D eigenvalue weighted by atomic mass is 10.1. The monoisotopic (exact) mass is 486 g/mol. The molecule has 0 fully saturated rings. The van der Waals surface area contributed by atoms with Crippen molar-refractivity contribution in [1.29, 1.82) is 0 Å². The molecule has 0 spiro atoms. The molecule has 0 aliphatic carbocycles. The molecule has 5 nitrogen and oxygen atoms in total. The van der Waals surface area contributed by atoms with Crippen LogP contribution in [0.4, 0.5) is 13.2 Å². The van der Waals surface area contributed by atoms with Crippen LogP contribution in [0.15, 0.2) is 46.0 Å². The van der Waals surface area contributed by atoms with Crippen LogP contribution < -0.4 is 14.9 Å². The average molecular weight is 487 g/mol. The largest absolute Gasteiger partial charge is 0.490 e. The third-order valence-corrected chi connectivity index (χ3v) is 4.65. The standard InChI is InChI=1S/C21H22BrF3N2O3/c1-4-13(3)30-19-17(22)9-14(10-18(19)29-5-2)12-26-27-20(28)15-7-6-8-16(11-15)21(23,24)25/h6-13H,4-5H2,1-3H3,(H,27,28)/b26-12-/t13-/m1/s1. The molecule has 0 saturated heterocycles. The topological polar surface area (TPSA) is 59.9 Å². The fraction of sp³-hybridized carbons (Fsp3) is 0.333. The van der Waals surface area contributed by atoms with E-state index in [-0.39, 0.29) is 11.7 Å². The lowest BCUT2D eigenvalue weighted by Crippen LogP contribution is -2.18. The van der Waals surface area contributed by atoms with Crippen molar-refractivity contribution < 1.29 is 27.4 Å². The van der Waals surface area contributed by atoms with Gasteiger partial charge in [0.1, 0.15) is 0 Å². The van der Waals surface area contributed by atoms with Gasteiger partial charge in [-0.05, 0) is 72.1 Å². The van der Waals surface area contributed by atoms with Gasteiger partial charge in [0.15, 0.2) is 11.5 Å². The third-order valence-electron chi connectivity index (χ3n) is 4.06. The molecule has 0 aliphatic heterocycles. The smallest absolute Gasteiger partial charge is 0.416 e. The predicted octanol–water partition coefficient (Wildman–Crippen LogP) is 5.81. The number of ether oxygens (including phenoxy) is 2. The summed E-state index contributed by atoms with van der Waals surface area (Å²) in [4.78, 5) is 12.1. The molecule has 2 rings (SSSR count). The zero-order valence-corrected chi connectivity index (χ0v) is 18.3. The molecule has 2 aromatic rings. The quantitative estimate of drug-likeness (QED) is 0.378. The first-order valence-electron chi connectivity index (χ1n) is 9.29. The Morgan fingerprint density at radius 3 is 2.63 bits per heavy atom. The second-order valence-corrected chi connectivity index (χ2v) is 7.23. The number of hydrogen-bond donors (Lipinski definition) is 1. The van der Waals surface area contributed by atoms with Gasteiger partial charge in [-0.2, -0.15) is 18.3 Å². The first kappa shape index (κ1) is 23.7. The van der Waals surface area contributed by atoms with Gasteiger partial charge in [-0.25, -0.2) is 5.43 Å². The van der Waals surface area contributed by atoms with E-state index in [1.807, 2.05) is 20.8 Å². The van der Waals surface area contributed by atoms with E-state index in [0.717, 1.165) is 18.6 Å². The molecule has 0 aromatic heterocycles. The highest BCUT2D eigenvalue weighted by atomic mass is 79.9. The average Bonchev–Trinajstić information content (AvgIpc) is 2.70. The van der Waals surface area contributed by atoms with Crippen LogP contribution in [0.25, 0.3) is 0 Å². The molecule has 0 aliphatic rings. The molecule has 1 N–H and O–H groups in total. The van der Waals surface area contributed by atoms with Gasteiger partial charge >= 0.3 is 6.18 Å². The molecule has 0 unspecified atom stereocenters. The molecular weight excluding hydrogens is 465 g/mol. The van der Waals surface area contributed by atoms with E-state index >= 15 is 0 Å². The molecule has 2 aromatic carbocycles. The second-order valence-electron chi connectivity index (χ2n) is 6.38. The van der Waals surface area contributed by atoms with E-state index in [0.29, 0.717) is 28.1 Å². The summed E-state index contributed by atoms with van der Waals surface area (Å²) in [6.45, 7) is 6.22. The number of nitrogens with one attached hydrogen (secondary N) is 1. The van der Waals surface area contributed by atoms with Gasteiger partial charge < -0.3 is 9.47 Å². The number of hydrogen-bond acceptors (Lipinski definition) is 4. The van der Waals surface area contributed by atoms with Crippen molar-refractivity contribution >= 4 is 28.1 Å². The zero-order chi connectivity index (χ0) is 22.3. The molecule has 1 amide bonds. The maximum Gasteiger partial charge on any atom is 0.416 e. The van der Waals surface area contributed by atoms with Gasteiger partial charge in [0.05, 0.1) is 29.0 Å². The van der Waals surface area contributed by atoms with E-state index in [1.165, 1.54) is 18.3 Å². The number of benzene rings is 2. The maximum absolute atomic E-state index is 12.8. The summed E-state index contributed by atoms with van der Waals surface area (Å²) >= 11 is 3.45. The van der Waals surface area contributed by atoms with Crippen molar-refractivity contribution in [3.63, 3.8) is 0 Å². The summed E-state index contributed by atoms with van der Waals surface area (Å²) in [6.07, 6.45) is -2.35. The van der Waals surface area contributed by atoms with E-state index < -0.39 is 17.6 Å². The summed E-state index contributed by atoms with van der Waals surface area (Å²) in [5.74, 6) is 0.326. The number of alkyl halides is 3. The van der Waals surface area contributed by atoms with E-state index in [1.54, 1.807) is 12.1 Å². The summed E-state index contributed by atoms with van der Waals surface area (Å²) in [7, 11) is 0. The summed E-state index contributed by atoms with van der Waals surface area (Å²) < 4.78 is 50.6. The van der Waals surface area contributed by atoms with Crippen molar-refractivity contribution in [2.24, 2.45) is 5.10 Å². The lowest BCUT2D eigenvalue weighted by molar-refractivity contribution is -0.137. The SMILES string of the molecule is CCOc1cc(/C=N\NC(=O)c2cccc(C(F)(F)F)c2)cc(Br)c1O[C@H](C)CC. The number of rotatable bonds is 8. The number of carbonyl (C=O) groups is 1. The molecule has 0 heterocycles. The van der Waals surface area contributed by atoms with Crippen LogP contribution in [0.1, 0.15) is 48.7 Å². The molecule has 0 saturated carbocycles. The van der Waals surface area contributed by atoms with Crippen LogP contribution in [0, 0.1) is 0 Å². The Labute approximate surface area is 181 Å². The molecule has 162 valence electrons. The van der Waals surface area contributed by atoms with Crippen molar-refractivity contribution in [3.05, 3.63) is 57.6 Å². The van der Waals surface area contributed by atoms with Crippen LogP contribution in [-0.2, 0) is 6.18 Å². The maximum atomic E-state index is 12.8. The Balaban J connectivity index is 2.17. The van der Waals surface area contributed by atoms with Gasteiger partial charge in [0.25, 0.3) is 5.91 Å². The van der Waals surface area contributed by atoms with E-state index in [2.05, 4.69) is 26.5 Å². The molecule has 9 heteroatoms. The van der Waals surface area contributed by atoms with Crippen LogP contribution >= 0.6 is 15.9 Å². The Kier molecular flexibility index (Phi) is 8.28. The first-order chi connectivity index (χ1) is 14.2. The van der Waals surface area contributed by atoms with Crippen LogP contribution in [-0.4, -0.2) is 24.8 Å². The number of amides is 1. The highest BCUT2D eigenvalue weighted by Gasteiger charge is 2.30. The number of hydrazone groups is 1. The fourth-order valence-electron chi connectivity index (χ4n) is 2.39. The number of nitrogens with zero attached hydrogens (tertiary/aromatic N) is 1. The van der Waals surface area contributed by atoms with Gasteiger partial charge in [0.2, 0.25) is 0 Å².